The average Bonchev–Trinajstić information content (AvgIpc) is 2.94. The molecule has 132 valence electrons. The van der Waals surface area contributed by atoms with Crippen LogP contribution in [0.25, 0.3) is 0 Å². The summed E-state index contributed by atoms with van der Waals surface area (Å²) in [6.45, 7) is 1.72. The smallest absolute Gasteiger partial charge is 0.294 e. The van der Waals surface area contributed by atoms with Crippen LogP contribution in [0.15, 0.2) is 35.2 Å². The summed E-state index contributed by atoms with van der Waals surface area (Å²) in [5.41, 5.74) is 3.66. The molecule has 0 saturated heterocycles. The van der Waals surface area contributed by atoms with Crippen LogP contribution in [-0.4, -0.2) is 26.1 Å². The molecular formula is C17H16ClNO5S. The van der Waals surface area contributed by atoms with E-state index >= 15 is 0 Å². The Bertz CT molecular complexity index is 944. The fourth-order valence-electron chi connectivity index (χ4n) is 3.42. The zero-order valence-corrected chi connectivity index (χ0v) is 14.7. The molecule has 1 unspecified atom stereocenters. The van der Waals surface area contributed by atoms with E-state index in [1.54, 1.807) is 6.07 Å². The minimum Gasteiger partial charge on any atom is -0.335 e. The monoisotopic (exact) mass is 381 g/mol. The summed E-state index contributed by atoms with van der Waals surface area (Å²) >= 11 is 6.53. The zero-order chi connectivity index (χ0) is 17.6. The van der Waals surface area contributed by atoms with Crippen molar-refractivity contribution in [3.8, 4) is 5.75 Å². The minimum atomic E-state index is -4.25. The third-order valence-corrected chi connectivity index (χ3v) is 5.87. The minimum absolute atomic E-state index is 0.0948. The summed E-state index contributed by atoms with van der Waals surface area (Å²) < 4.78 is 32.3. The second-order valence-corrected chi connectivity index (χ2v) is 7.95. The van der Waals surface area contributed by atoms with Crippen LogP contribution >= 0.6 is 11.6 Å². The van der Waals surface area contributed by atoms with Gasteiger partial charge in [-0.15, -0.1) is 0 Å². The van der Waals surface area contributed by atoms with Gasteiger partial charge >= 0.3 is 0 Å². The Morgan fingerprint density at radius 2 is 2.12 bits per heavy atom. The number of halogens is 1. The number of nitrogens with one attached hydrogen (secondary N) is 1. The van der Waals surface area contributed by atoms with Crippen molar-refractivity contribution in [2.24, 2.45) is 0 Å². The van der Waals surface area contributed by atoms with Crippen LogP contribution in [0.1, 0.15) is 28.2 Å². The number of hydrogen-bond donors (Lipinski definition) is 2. The molecule has 4 rings (SSSR count). The molecular weight excluding hydrogens is 366 g/mol. The lowest BCUT2D eigenvalue weighted by Crippen LogP contribution is -2.21. The quantitative estimate of drug-likeness (QED) is 0.614. The van der Waals surface area contributed by atoms with Crippen LogP contribution in [0.4, 0.5) is 0 Å². The first-order valence-corrected chi connectivity index (χ1v) is 9.69. The van der Waals surface area contributed by atoms with Crippen molar-refractivity contribution < 1.29 is 22.7 Å². The number of fused-ring (bicyclic) bond motifs is 2. The molecule has 0 saturated carbocycles. The van der Waals surface area contributed by atoms with E-state index in [1.807, 2.05) is 12.1 Å². The molecule has 6 nitrogen and oxygen atoms in total. The lowest BCUT2D eigenvalue weighted by atomic mass is 9.87. The van der Waals surface area contributed by atoms with E-state index in [-0.39, 0.29) is 10.8 Å². The van der Waals surface area contributed by atoms with Gasteiger partial charge in [0.2, 0.25) is 0 Å². The van der Waals surface area contributed by atoms with Crippen LogP contribution in [0, 0.1) is 0 Å². The number of rotatable bonds is 2. The molecule has 0 aromatic heterocycles. The summed E-state index contributed by atoms with van der Waals surface area (Å²) in [6.07, 6.45) is 0.735. The van der Waals surface area contributed by atoms with Gasteiger partial charge in [0.25, 0.3) is 10.1 Å². The van der Waals surface area contributed by atoms with Crippen molar-refractivity contribution >= 4 is 21.7 Å². The molecule has 2 aromatic carbocycles. The van der Waals surface area contributed by atoms with Crippen molar-refractivity contribution in [3.05, 3.63) is 57.6 Å². The SMILES string of the molecule is O=S(=O)(O)c1cccc(C2CNCCc3c2cc2c(c3Cl)OOC2)c1. The van der Waals surface area contributed by atoms with Gasteiger partial charge in [0.15, 0.2) is 5.75 Å². The van der Waals surface area contributed by atoms with E-state index < -0.39 is 10.1 Å². The standard InChI is InChI=1S/C17H16ClNO5S/c18-16-13-4-5-19-8-15(14(13)7-11-9-23-24-17(11)16)10-2-1-3-12(6-10)25(20,21)22/h1-3,6-7,15,19H,4-5,8-9H2,(H,20,21,22). The van der Waals surface area contributed by atoms with Crippen molar-refractivity contribution in [2.75, 3.05) is 13.1 Å². The van der Waals surface area contributed by atoms with Crippen molar-refractivity contribution in [1.82, 2.24) is 5.32 Å². The molecule has 0 spiro atoms. The Kier molecular flexibility index (Phi) is 4.21. The lowest BCUT2D eigenvalue weighted by Gasteiger charge is -2.20. The van der Waals surface area contributed by atoms with Crippen molar-refractivity contribution in [2.45, 2.75) is 23.8 Å². The Morgan fingerprint density at radius 1 is 1.28 bits per heavy atom. The van der Waals surface area contributed by atoms with Gasteiger partial charge in [-0.3, -0.25) is 4.55 Å². The van der Waals surface area contributed by atoms with Gasteiger partial charge in [-0.2, -0.15) is 13.3 Å². The van der Waals surface area contributed by atoms with Crippen molar-refractivity contribution in [3.63, 3.8) is 0 Å². The van der Waals surface area contributed by atoms with Gasteiger partial charge < -0.3 is 10.2 Å². The highest BCUT2D eigenvalue weighted by molar-refractivity contribution is 7.85. The Labute approximate surface area is 150 Å². The summed E-state index contributed by atoms with van der Waals surface area (Å²) in [5.74, 6) is 0.468. The molecule has 0 amide bonds. The van der Waals surface area contributed by atoms with E-state index in [0.717, 1.165) is 35.2 Å². The zero-order valence-electron chi connectivity index (χ0n) is 13.2. The highest BCUT2D eigenvalue weighted by atomic mass is 35.5. The molecule has 8 heteroatoms. The first kappa shape index (κ1) is 16.8. The second kappa shape index (κ2) is 6.26. The Balaban J connectivity index is 1.87. The van der Waals surface area contributed by atoms with E-state index in [9.17, 15) is 13.0 Å². The largest absolute Gasteiger partial charge is 0.335 e. The molecule has 2 aliphatic heterocycles. The van der Waals surface area contributed by atoms with Gasteiger partial charge in [-0.25, -0.2) is 0 Å². The maximum atomic E-state index is 11.5. The lowest BCUT2D eigenvalue weighted by molar-refractivity contribution is -0.194. The third kappa shape index (κ3) is 3.02. The van der Waals surface area contributed by atoms with Gasteiger partial charge in [0.05, 0.1) is 9.92 Å². The summed E-state index contributed by atoms with van der Waals surface area (Å²) in [6, 6.07) is 8.38. The van der Waals surface area contributed by atoms with Gasteiger partial charge in [0.1, 0.15) is 6.61 Å². The molecule has 0 bridgehead atoms. The topological polar surface area (TPSA) is 84.9 Å². The van der Waals surface area contributed by atoms with Crippen LogP contribution in [-0.2, 0) is 28.0 Å². The van der Waals surface area contributed by atoms with E-state index in [2.05, 4.69) is 5.32 Å². The van der Waals surface area contributed by atoms with Gasteiger partial charge in [0, 0.05) is 18.0 Å². The van der Waals surface area contributed by atoms with Crippen LogP contribution in [0.2, 0.25) is 5.02 Å². The van der Waals surface area contributed by atoms with Crippen LogP contribution < -0.4 is 10.2 Å². The predicted octanol–water partition coefficient (Wildman–Crippen LogP) is 2.69. The summed E-state index contributed by atoms with van der Waals surface area (Å²) in [5, 5.41) is 3.91. The molecule has 2 heterocycles. The summed E-state index contributed by atoms with van der Waals surface area (Å²) in [4.78, 5) is 10.1. The van der Waals surface area contributed by atoms with E-state index in [1.165, 1.54) is 12.1 Å². The molecule has 0 fully saturated rings. The molecule has 2 aliphatic rings. The van der Waals surface area contributed by atoms with E-state index in [0.29, 0.717) is 23.9 Å². The molecule has 0 radical (unpaired) electrons. The maximum absolute atomic E-state index is 11.5. The van der Waals surface area contributed by atoms with Crippen LogP contribution in [0.5, 0.6) is 5.75 Å². The third-order valence-electron chi connectivity index (χ3n) is 4.62. The normalized spacial score (nSPS) is 19.7. The molecule has 2 N–H and O–H groups in total. The molecule has 25 heavy (non-hydrogen) atoms. The molecule has 2 aromatic rings. The first-order valence-electron chi connectivity index (χ1n) is 7.87. The second-order valence-electron chi connectivity index (χ2n) is 6.15. The van der Waals surface area contributed by atoms with Gasteiger partial charge in [-0.1, -0.05) is 23.7 Å². The van der Waals surface area contributed by atoms with Crippen LogP contribution in [0.3, 0.4) is 0 Å². The predicted molar refractivity (Wildman–Crippen MR) is 91.5 cm³/mol. The first-order chi connectivity index (χ1) is 11.9. The molecule has 0 aliphatic carbocycles. The van der Waals surface area contributed by atoms with Gasteiger partial charge in [-0.05, 0) is 47.9 Å². The number of hydrogen-bond acceptors (Lipinski definition) is 5. The summed E-state index contributed by atoms with van der Waals surface area (Å²) in [7, 11) is -4.25. The maximum Gasteiger partial charge on any atom is 0.294 e. The fourth-order valence-corrected chi connectivity index (χ4v) is 4.31. The Morgan fingerprint density at radius 3 is 2.92 bits per heavy atom. The highest BCUT2D eigenvalue weighted by Crippen LogP contribution is 2.43. The number of benzene rings is 2. The fraction of sp³-hybridized carbons (Fsp3) is 0.294. The highest BCUT2D eigenvalue weighted by Gasteiger charge is 2.29. The Hall–Kier alpha value is -1.64. The van der Waals surface area contributed by atoms with E-state index in [4.69, 9.17) is 21.4 Å². The average molecular weight is 382 g/mol. The van der Waals surface area contributed by atoms with Crippen molar-refractivity contribution in [1.29, 1.82) is 0 Å². The molecule has 1 atom stereocenters.